The third kappa shape index (κ3) is 19.0. The minimum Gasteiger partial charge on any atom is -0.481 e. The molecule has 0 aliphatic carbocycles. The molecule has 0 bridgehead atoms. The molecule has 11 heteroatoms. The first-order valence-corrected chi connectivity index (χ1v) is 11.4. The Kier molecular flexibility index (Phi) is 19.2. The average molecular weight is 478 g/mol. The molecular weight excluding hydrogens is 434 g/mol. The number of hydrogen-bond donors (Lipinski definition) is 6. The van der Waals surface area contributed by atoms with Gasteiger partial charge >= 0.3 is 17.9 Å². The number of nitrogens with two attached hydrogens (primary N) is 2. The van der Waals surface area contributed by atoms with E-state index in [0.717, 1.165) is 32.1 Å². The minimum atomic E-state index is -1.34. The number of nitrogens with one attached hydrogen (secondary N) is 1. The number of carbonyl (C=O) groups is 4. The number of unbranched alkanes of at least 4 members (excludes halogenated alkanes) is 3. The van der Waals surface area contributed by atoms with Crippen molar-refractivity contribution < 1.29 is 39.2 Å². The first-order valence-electron chi connectivity index (χ1n) is 11.4. The van der Waals surface area contributed by atoms with Crippen molar-refractivity contribution >= 4 is 23.8 Å². The van der Waals surface area contributed by atoms with Crippen LogP contribution in [-0.2, 0) is 23.9 Å². The van der Waals surface area contributed by atoms with Gasteiger partial charge in [0.2, 0.25) is 5.91 Å². The zero-order valence-corrected chi connectivity index (χ0v) is 20.2. The summed E-state index contributed by atoms with van der Waals surface area (Å²) in [7, 11) is 0. The summed E-state index contributed by atoms with van der Waals surface area (Å²) in [6.07, 6.45) is 4.15. The molecule has 194 valence electrons. The van der Waals surface area contributed by atoms with Crippen molar-refractivity contribution in [2.75, 3.05) is 19.7 Å². The first-order chi connectivity index (χ1) is 15.4. The topological polar surface area (TPSA) is 202 Å². The van der Waals surface area contributed by atoms with E-state index in [0.29, 0.717) is 25.8 Å². The van der Waals surface area contributed by atoms with Crippen LogP contribution in [0.15, 0.2) is 0 Å². The molecule has 0 fully saturated rings. The SMILES string of the molecule is CCCCCC(=O)OCC(C)(C)C(O)C(=O)NCCCC(=O)O.NCCCC[C@H](N)C(=O)O. The van der Waals surface area contributed by atoms with Crippen LogP contribution in [0, 0.1) is 5.41 Å². The summed E-state index contributed by atoms with van der Waals surface area (Å²) in [4.78, 5) is 43.9. The lowest BCUT2D eigenvalue weighted by molar-refractivity contribution is -0.153. The Morgan fingerprint density at radius 1 is 1.00 bits per heavy atom. The fraction of sp³-hybridized carbons (Fsp3) is 0.818. The zero-order valence-electron chi connectivity index (χ0n) is 20.2. The number of amides is 1. The predicted molar refractivity (Wildman–Crippen MR) is 123 cm³/mol. The lowest BCUT2D eigenvalue weighted by atomic mass is 9.87. The van der Waals surface area contributed by atoms with Crippen molar-refractivity contribution in [1.29, 1.82) is 0 Å². The molecule has 0 rings (SSSR count). The van der Waals surface area contributed by atoms with Crippen LogP contribution in [0.1, 0.15) is 78.6 Å². The molecule has 2 atom stereocenters. The number of rotatable bonds is 17. The standard InChI is InChI=1S/C16H29NO6.C6H14N2O2/c1-4-5-6-9-13(20)23-11-16(2,3)14(21)15(22)17-10-7-8-12(18)19;7-4-2-1-3-5(8)6(9)10/h14,21H,4-11H2,1-3H3,(H,17,22)(H,18,19);5H,1-4,7-8H2,(H,9,10)/t;5-/m.0/s1. The van der Waals surface area contributed by atoms with E-state index in [1.807, 2.05) is 6.92 Å². The van der Waals surface area contributed by atoms with Gasteiger partial charge in [0.1, 0.15) is 12.1 Å². The monoisotopic (exact) mass is 477 g/mol. The second kappa shape index (κ2) is 19.2. The van der Waals surface area contributed by atoms with Crippen molar-refractivity contribution in [2.45, 2.75) is 90.7 Å². The Morgan fingerprint density at radius 2 is 1.64 bits per heavy atom. The van der Waals surface area contributed by atoms with E-state index in [4.69, 9.17) is 26.4 Å². The van der Waals surface area contributed by atoms with Gasteiger partial charge in [0.25, 0.3) is 0 Å². The van der Waals surface area contributed by atoms with Crippen LogP contribution < -0.4 is 16.8 Å². The summed E-state index contributed by atoms with van der Waals surface area (Å²) in [5, 5.41) is 29.4. The van der Waals surface area contributed by atoms with E-state index in [9.17, 15) is 24.3 Å². The third-order valence-electron chi connectivity index (χ3n) is 4.73. The van der Waals surface area contributed by atoms with Gasteiger partial charge in [-0.15, -0.1) is 0 Å². The number of ether oxygens (including phenoxy) is 1. The van der Waals surface area contributed by atoms with E-state index < -0.39 is 35.4 Å². The van der Waals surface area contributed by atoms with Crippen molar-refractivity contribution in [3.8, 4) is 0 Å². The van der Waals surface area contributed by atoms with Gasteiger partial charge in [-0.25, -0.2) is 0 Å². The highest BCUT2D eigenvalue weighted by atomic mass is 16.5. The molecule has 8 N–H and O–H groups in total. The molecule has 0 radical (unpaired) electrons. The van der Waals surface area contributed by atoms with Crippen molar-refractivity contribution in [1.82, 2.24) is 5.32 Å². The smallest absolute Gasteiger partial charge is 0.320 e. The molecule has 0 aliphatic heterocycles. The van der Waals surface area contributed by atoms with E-state index in [2.05, 4.69) is 5.32 Å². The van der Waals surface area contributed by atoms with Gasteiger partial charge in [-0.2, -0.15) is 0 Å². The molecule has 0 heterocycles. The van der Waals surface area contributed by atoms with Crippen molar-refractivity contribution in [2.24, 2.45) is 16.9 Å². The Bertz CT molecular complexity index is 584. The molecule has 0 saturated carbocycles. The summed E-state index contributed by atoms with van der Waals surface area (Å²) < 4.78 is 5.13. The van der Waals surface area contributed by atoms with Crippen LogP contribution in [-0.4, -0.2) is 71.0 Å². The molecule has 1 unspecified atom stereocenters. The molecule has 33 heavy (non-hydrogen) atoms. The van der Waals surface area contributed by atoms with Crippen LogP contribution >= 0.6 is 0 Å². The Labute approximate surface area is 196 Å². The van der Waals surface area contributed by atoms with Gasteiger partial charge in [-0.3, -0.25) is 19.2 Å². The van der Waals surface area contributed by atoms with E-state index in [-0.39, 0.29) is 25.5 Å². The third-order valence-corrected chi connectivity index (χ3v) is 4.73. The molecule has 0 saturated heterocycles. The van der Waals surface area contributed by atoms with Crippen LogP contribution in [0.3, 0.4) is 0 Å². The number of hydrogen-bond acceptors (Lipinski definition) is 8. The fourth-order valence-electron chi connectivity index (χ4n) is 2.47. The maximum atomic E-state index is 11.8. The van der Waals surface area contributed by atoms with Gasteiger partial charge in [0, 0.05) is 24.8 Å². The highest BCUT2D eigenvalue weighted by Gasteiger charge is 2.34. The number of aliphatic carboxylic acids is 2. The van der Waals surface area contributed by atoms with Crippen molar-refractivity contribution in [3.05, 3.63) is 0 Å². The van der Waals surface area contributed by atoms with Crippen LogP contribution in [0.4, 0.5) is 0 Å². The quantitative estimate of drug-likeness (QED) is 0.130. The van der Waals surface area contributed by atoms with Gasteiger partial charge in [-0.05, 0) is 32.2 Å². The van der Waals surface area contributed by atoms with Gasteiger partial charge in [0.15, 0.2) is 0 Å². The van der Waals surface area contributed by atoms with Crippen LogP contribution in [0.5, 0.6) is 0 Å². The minimum absolute atomic E-state index is 0.0465. The maximum Gasteiger partial charge on any atom is 0.320 e. The molecule has 1 amide bonds. The predicted octanol–water partition coefficient (Wildman–Crippen LogP) is 1.01. The molecule has 0 aromatic rings. The lowest BCUT2D eigenvalue weighted by Gasteiger charge is -2.29. The summed E-state index contributed by atoms with van der Waals surface area (Å²) in [5.74, 6) is -2.80. The van der Waals surface area contributed by atoms with E-state index >= 15 is 0 Å². The number of aliphatic hydroxyl groups is 1. The first kappa shape index (κ1) is 32.9. The second-order valence-electron chi connectivity index (χ2n) is 8.53. The van der Waals surface area contributed by atoms with Gasteiger partial charge in [-0.1, -0.05) is 40.0 Å². The highest BCUT2D eigenvalue weighted by Crippen LogP contribution is 2.22. The van der Waals surface area contributed by atoms with Gasteiger partial charge in [0.05, 0.1) is 6.61 Å². The molecule has 0 aliphatic rings. The lowest BCUT2D eigenvalue weighted by Crippen LogP contribution is -2.46. The molecular formula is C22H43N3O8. The molecule has 0 spiro atoms. The fourth-order valence-corrected chi connectivity index (χ4v) is 2.47. The molecule has 0 aromatic carbocycles. The van der Waals surface area contributed by atoms with Crippen LogP contribution in [0.25, 0.3) is 0 Å². The number of carbonyl (C=O) groups excluding carboxylic acids is 2. The Balaban J connectivity index is 0. The number of aliphatic hydroxyl groups excluding tert-OH is 1. The maximum absolute atomic E-state index is 11.8. The summed E-state index contributed by atoms with van der Waals surface area (Å²) in [5.41, 5.74) is 9.50. The summed E-state index contributed by atoms with van der Waals surface area (Å²) >= 11 is 0. The average Bonchev–Trinajstić information content (AvgIpc) is 2.75. The highest BCUT2D eigenvalue weighted by molar-refractivity contribution is 5.81. The van der Waals surface area contributed by atoms with E-state index in [1.54, 1.807) is 13.8 Å². The largest absolute Gasteiger partial charge is 0.481 e. The number of esters is 1. The normalized spacial score (nSPS) is 12.7. The van der Waals surface area contributed by atoms with E-state index in [1.165, 1.54) is 0 Å². The second-order valence-corrected chi connectivity index (χ2v) is 8.53. The number of carboxylic acids is 2. The Morgan fingerprint density at radius 3 is 2.15 bits per heavy atom. The summed E-state index contributed by atoms with van der Waals surface area (Å²) in [6, 6.07) is -0.716. The summed E-state index contributed by atoms with van der Waals surface area (Å²) in [6.45, 7) is 6.03. The van der Waals surface area contributed by atoms with Crippen LogP contribution in [0.2, 0.25) is 0 Å². The van der Waals surface area contributed by atoms with Crippen molar-refractivity contribution in [3.63, 3.8) is 0 Å². The van der Waals surface area contributed by atoms with Gasteiger partial charge < -0.3 is 36.8 Å². The Hall–Kier alpha value is -2.24. The molecule has 11 nitrogen and oxygen atoms in total. The number of carboxylic acid groups (broad SMARTS) is 2. The molecule has 0 aromatic heterocycles. The zero-order chi connectivity index (χ0) is 25.9.